The molecule has 3 fully saturated rings. The number of anilines is 4. The number of nitrogens with one attached hydrogen (secondary N) is 5. The van der Waals surface area contributed by atoms with Gasteiger partial charge in [0.05, 0.1) is 28.8 Å². The highest BCUT2D eigenvalue weighted by Crippen LogP contribution is 2.33. The lowest BCUT2D eigenvalue weighted by Crippen LogP contribution is -2.54. The van der Waals surface area contributed by atoms with Gasteiger partial charge in [0.15, 0.2) is 5.82 Å². The second kappa shape index (κ2) is 23.0. The molecule has 1 unspecified atom stereocenters. The number of nitrogens with zero attached hydrogens (tertiary/aromatic N) is 4. The summed E-state index contributed by atoms with van der Waals surface area (Å²) in [5.74, 6) is -3.07. The summed E-state index contributed by atoms with van der Waals surface area (Å²) in [5, 5.41) is 20.2. The quantitative estimate of drug-likeness (QED) is 0.0357. The molecule has 1 aromatic heterocycles. The van der Waals surface area contributed by atoms with E-state index in [4.69, 9.17) is 4.74 Å². The number of hydrogen-bond acceptors (Lipinski definition) is 12. The van der Waals surface area contributed by atoms with Crippen molar-refractivity contribution < 1.29 is 42.3 Å². The van der Waals surface area contributed by atoms with Crippen molar-refractivity contribution in [3.63, 3.8) is 0 Å². The van der Waals surface area contributed by atoms with Gasteiger partial charge in [-0.15, -0.1) is 0 Å². The number of imide groups is 2. The number of ether oxygens (including phenoxy) is 1. The first-order valence-corrected chi connectivity index (χ1v) is 25.3. The molecule has 1 atom stereocenters. The molecule has 18 heteroatoms. The SMILES string of the molecule is O=C(CCCCCCCCCNc1cccc2c1C(=O)N(C1CCC(=O)NC1=O)C2=O)CN1CCN(c2ccc(C(=O)Nc3n[nH]c4ccc(Cc5cc(F)cc(F)c5)cc34)c(NC3CCOCC3)c2)CC1. The van der Waals surface area contributed by atoms with Gasteiger partial charge in [-0.05, 0) is 104 Å². The number of carbonyl (C=O) groups excluding carboxylic acids is 6. The lowest BCUT2D eigenvalue weighted by atomic mass is 10.0. The normalized spacial score (nSPS) is 17.6. The van der Waals surface area contributed by atoms with Gasteiger partial charge in [0, 0.05) is 93.3 Å². The van der Waals surface area contributed by atoms with Crippen LogP contribution in [-0.4, -0.2) is 120 Å². The number of rotatable bonds is 21. The number of aromatic nitrogens is 2. The molecule has 378 valence electrons. The topological polar surface area (TPSA) is 198 Å². The van der Waals surface area contributed by atoms with Gasteiger partial charge < -0.3 is 25.6 Å². The first-order chi connectivity index (χ1) is 35.0. The molecule has 5 N–H and O–H groups in total. The van der Waals surface area contributed by atoms with E-state index in [1.807, 2.05) is 36.4 Å². The predicted octanol–water partition coefficient (Wildman–Crippen LogP) is 7.60. The number of amides is 5. The predicted molar refractivity (Wildman–Crippen MR) is 269 cm³/mol. The fourth-order valence-electron chi connectivity index (χ4n) is 10.2. The molecular weight excluding hydrogens is 925 g/mol. The molecule has 5 heterocycles. The van der Waals surface area contributed by atoms with Crippen molar-refractivity contribution in [1.82, 2.24) is 25.3 Å². The first-order valence-electron chi connectivity index (χ1n) is 25.3. The van der Waals surface area contributed by atoms with Crippen LogP contribution < -0.4 is 26.2 Å². The van der Waals surface area contributed by atoms with Gasteiger partial charge in [0.25, 0.3) is 17.7 Å². The largest absolute Gasteiger partial charge is 0.384 e. The van der Waals surface area contributed by atoms with Gasteiger partial charge in [0.1, 0.15) is 23.5 Å². The number of hydrogen-bond donors (Lipinski definition) is 5. The third-order valence-corrected chi connectivity index (χ3v) is 14.1. The average Bonchev–Trinajstić information content (AvgIpc) is 3.88. The Bertz CT molecular complexity index is 2820. The molecule has 0 radical (unpaired) electrons. The number of H-pyrrole nitrogens is 1. The molecule has 0 aliphatic carbocycles. The lowest BCUT2D eigenvalue weighted by Gasteiger charge is -2.36. The van der Waals surface area contributed by atoms with Crippen LogP contribution in [0.3, 0.4) is 0 Å². The van der Waals surface area contributed by atoms with E-state index in [2.05, 4.69) is 41.3 Å². The summed E-state index contributed by atoms with van der Waals surface area (Å²) in [7, 11) is 0. The molecule has 4 aliphatic rings. The minimum Gasteiger partial charge on any atom is -0.384 e. The van der Waals surface area contributed by atoms with E-state index >= 15 is 0 Å². The Kier molecular flexibility index (Phi) is 15.9. The van der Waals surface area contributed by atoms with Crippen molar-refractivity contribution in [3.8, 4) is 0 Å². The minimum atomic E-state index is -0.999. The zero-order valence-corrected chi connectivity index (χ0v) is 40.3. The summed E-state index contributed by atoms with van der Waals surface area (Å²) in [5.41, 5.74) is 5.28. The highest BCUT2D eigenvalue weighted by atomic mass is 19.1. The van der Waals surface area contributed by atoms with Crippen LogP contribution in [-0.2, 0) is 25.5 Å². The smallest absolute Gasteiger partial charge is 0.264 e. The Labute approximate surface area is 416 Å². The number of carbonyl (C=O) groups is 6. The van der Waals surface area contributed by atoms with Crippen molar-refractivity contribution in [2.24, 2.45) is 0 Å². The molecule has 72 heavy (non-hydrogen) atoms. The van der Waals surface area contributed by atoms with Crippen LogP contribution in [0.4, 0.5) is 31.7 Å². The molecule has 5 amide bonds. The minimum absolute atomic E-state index is 0.0726. The standard InChI is InChI=1S/C54H61F2N9O7/c55-36-28-35(29-37(56)31-36)27-34-12-15-44-43(30-34)50(62-61-44)60-51(68)41-14-13-39(32-46(41)58-38-18-25-72-26-19-38)64-23-21-63(22-24-64)33-40(66)9-6-4-2-1-3-5-7-20-57-45-11-8-10-42-49(45)54(71)65(53(42)70)47-16-17-48(67)59-52(47)69/h8,10-15,28-32,38,47,57-58H,1-7,9,16-27,33H2,(H,59,67,69)(H2,60,61,62,68). The van der Waals surface area contributed by atoms with Gasteiger partial charge >= 0.3 is 0 Å². The number of piperidine rings is 1. The maximum absolute atomic E-state index is 14.0. The number of unbranched alkanes of at least 4 members (excludes halogenated alkanes) is 6. The van der Waals surface area contributed by atoms with Crippen LogP contribution in [0.15, 0.2) is 72.8 Å². The summed E-state index contributed by atoms with van der Waals surface area (Å²) >= 11 is 0. The Morgan fingerprint density at radius 1 is 0.764 bits per heavy atom. The van der Waals surface area contributed by atoms with Crippen molar-refractivity contribution in [2.45, 2.75) is 95.6 Å². The molecule has 5 aromatic rings. The molecule has 0 saturated carbocycles. The molecule has 16 nitrogen and oxygen atoms in total. The Hall–Kier alpha value is -7.05. The van der Waals surface area contributed by atoms with Gasteiger partial charge in [0.2, 0.25) is 11.8 Å². The zero-order chi connectivity index (χ0) is 50.1. The van der Waals surface area contributed by atoms with E-state index in [1.165, 1.54) is 12.1 Å². The maximum atomic E-state index is 14.0. The second-order valence-corrected chi connectivity index (χ2v) is 19.3. The van der Waals surface area contributed by atoms with Crippen LogP contribution in [0.1, 0.15) is 119 Å². The van der Waals surface area contributed by atoms with Crippen LogP contribution >= 0.6 is 0 Å². The number of benzene rings is 4. The number of fused-ring (bicyclic) bond motifs is 2. The van der Waals surface area contributed by atoms with Crippen LogP contribution in [0.5, 0.6) is 0 Å². The van der Waals surface area contributed by atoms with Crippen molar-refractivity contribution in [3.05, 3.63) is 112 Å². The fraction of sp³-hybridized carbons (Fsp3) is 0.426. The van der Waals surface area contributed by atoms with Crippen LogP contribution in [0.2, 0.25) is 0 Å². The maximum Gasteiger partial charge on any atom is 0.264 e. The highest BCUT2D eigenvalue weighted by molar-refractivity contribution is 6.25. The fourth-order valence-corrected chi connectivity index (χ4v) is 10.2. The van der Waals surface area contributed by atoms with Gasteiger partial charge in [-0.25, -0.2) is 8.78 Å². The van der Waals surface area contributed by atoms with Crippen molar-refractivity contribution >= 4 is 69.1 Å². The number of piperazine rings is 1. The summed E-state index contributed by atoms with van der Waals surface area (Å²) < 4.78 is 33.4. The molecule has 3 saturated heterocycles. The van der Waals surface area contributed by atoms with E-state index in [-0.39, 0.29) is 41.7 Å². The second-order valence-electron chi connectivity index (χ2n) is 19.3. The average molecular weight is 986 g/mol. The molecule has 4 aliphatic heterocycles. The van der Waals surface area contributed by atoms with Crippen LogP contribution in [0, 0.1) is 11.6 Å². The number of Topliss-reactive ketones (excluding diaryl/α,β-unsaturated/α-hetero) is 1. The Morgan fingerprint density at radius 3 is 2.28 bits per heavy atom. The van der Waals surface area contributed by atoms with E-state index in [9.17, 15) is 37.5 Å². The van der Waals surface area contributed by atoms with Gasteiger partial charge in [-0.3, -0.25) is 49.0 Å². The highest BCUT2D eigenvalue weighted by Gasteiger charge is 2.45. The van der Waals surface area contributed by atoms with Gasteiger partial charge in [-0.2, -0.15) is 5.10 Å². The summed E-state index contributed by atoms with van der Waals surface area (Å²) in [6, 6.07) is 19.1. The van der Waals surface area contributed by atoms with E-state index in [1.54, 1.807) is 18.2 Å². The lowest BCUT2D eigenvalue weighted by molar-refractivity contribution is -0.136. The zero-order valence-electron chi connectivity index (χ0n) is 40.3. The summed E-state index contributed by atoms with van der Waals surface area (Å²) in [4.78, 5) is 83.1. The Balaban J connectivity index is 0.692. The van der Waals surface area contributed by atoms with Gasteiger partial charge in [-0.1, -0.05) is 44.2 Å². The van der Waals surface area contributed by atoms with E-state index in [0.29, 0.717) is 78.4 Å². The molecular formula is C54H61F2N9O7. The summed E-state index contributed by atoms with van der Waals surface area (Å²) in [6.07, 6.45) is 9.56. The molecule has 0 bridgehead atoms. The van der Waals surface area contributed by atoms with Crippen molar-refractivity contribution in [2.75, 3.05) is 73.3 Å². The third-order valence-electron chi connectivity index (χ3n) is 14.1. The molecule has 0 spiro atoms. The number of aromatic amines is 1. The molecule has 4 aromatic carbocycles. The van der Waals surface area contributed by atoms with Crippen LogP contribution in [0.25, 0.3) is 10.9 Å². The first kappa shape index (κ1) is 49.9. The summed E-state index contributed by atoms with van der Waals surface area (Å²) in [6.45, 7) is 5.30. The number of ketones is 1. The molecule has 9 rings (SSSR count). The third kappa shape index (κ3) is 12.0. The van der Waals surface area contributed by atoms with Crippen molar-refractivity contribution in [1.29, 1.82) is 0 Å². The monoisotopic (exact) mass is 985 g/mol. The number of halogens is 2. The van der Waals surface area contributed by atoms with E-state index in [0.717, 1.165) is 106 Å². The van der Waals surface area contributed by atoms with E-state index < -0.39 is 41.3 Å². The Morgan fingerprint density at radius 2 is 1.51 bits per heavy atom.